The highest BCUT2D eigenvalue weighted by atomic mass is 31.2. The van der Waals surface area contributed by atoms with Crippen LogP contribution in [0.25, 0.3) is 0 Å². The molecule has 0 aromatic heterocycles. The number of likely N-dealkylation sites (N-methyl/N-ethyl adjacent to an activating group) is 1. The molecule has 0 aliphatic carbocycles. The van der Waals surface area contributed by atoms with Crippen molar-refractivity contribution in [2.45, 2.75) is 392 Å². The predicted octanol–water partition coefficient (Wildman–Crippen LogP) is 30.2. The number of hydrogen-bond donors (Lipinski definition) is 1. The Morgan fingerprint density at radius 3 is 0.802 bits per heavy atom. The molecule has 0 aliphatic heterocycles. The lowest BCUT2D eigenvalue weighted by Gasteiger charge is -2.24. The summed E-state index contributed by atoms with van der Waals surface area (Å²) in [6.07, 6.45) is 127. The van der Waals surface area contributed by atoms with E-state index in [0.717, 1.165) is 122 Å². The van der Waals surface area contributed by atoms with Crippen molar-refractivity contribution in [1.82, 2.24) is 0 Å². The molecule has 1 N–H and O–H groups in total. The molecule has 0 spiro atoms. The van der Waals surface area contributed by atoms with Crippen molar-refractivity contribution in [3.8, 4) is 0 Å². The zero-order valence-electron chi connectivity index (χ0n) is 69.6. The van der Waals surface area contributed by atoms with Gasteiger partial charge in [0.2, 0.25) is 0 Å². The molecule has 10 heteroatoms. The summed E-state index contributed by atoms with van der Waals surface area (Å²) in [5, 5.41) is 0. The van der Waals surface area contributed by atoms with Gasteiger partial charge in [-0.1, -0.05) is 403 Å². The molecule has 2 atom stereocenters. The second-order valence-corrected chi connectivity index (χ2v) is 32.0. The molecule has 0 radical (unpaired) electrons. The molecule has 0 aliphatic rings. The molecule has 9 nitrogen and oxygen atoms in total. The lowest BCUT2D eigenvalue weighted by Crippen LogP contribution is -2.37. The van der Waals surface area contributed by atoms with Gasteiger partial charge in [0.1, 0.15) is 19.8 Å². The number of quaternary nitrogens is 1. The van der Waals surface area contributed by atoms with E-state index in [-0.39, 0.29) is 32.0 Å². The Bertz CT molecular complexity index is 2360. The van der Waals surface area contributed by atoms with E-state index >= 15 is 0 Å². The van der Waals surface area contributed by atoms with E-state index in [2.05, 4.69) is 172 Å². The Morgan fingerprint density at radius 2 is 0.538 bits per heavy atom. The van der Waals surface area contributed by atoms with Crippen LogP contribution in [0.2, 0.25) is 0 Å². The number of carbonyl (C=O) groups excluding carboxylic acids is 2. The minimum absolute atomic E-state index is 0.0240. The highest BCUT2D eigenvalue weighted by Crippen LogP contribution is 2.43. The summed E-state index contributed by atoms with van der Waals surface area (Å²) >= 11 is 0. The van der Waals surface area contributed by atoms with Gasteiger partial charge in [-0.05, 0) is 128 Å². The van der Waals surface area contributed by atoms with Gasteiger partial charge in [0, 0.05) is 12.8 Å². The number of unbranched alkanes of at least 4 members (excludes halogenated alkanes) is 41. The SMILES string of the molecule is CC/C=C\C/C=C\C/C=C\C/C=C\C/C=C\C/C=C\C/C=C\C/C=C\C/C=C\C/C=C\C/C=C\CCCCCCCCCC(=O)OC(COC(=O)CCCCCCCCCCCCCCCCCCCCCCCCCCCCCCC/C=C\C/C=C\CCCCCCC)COP(=O)(O)OCC[N+](C)(C)C. The van der Waals surface area contributed by atoms with Crippen LogP contribution < -0.4 is 0 Å². The molecule has 0 heterocycles. The van der Waals surface area contributed by atoms with Crippen molar-refractivity contribution < 1.29 is 42.1 Å². The van der Waals surface area contributed by atoms with Gasteiger partial charge in [-0.25, -0.2) is 4.57 Å². The molecule has 608 valence electrons. The topological polar surface area (TPSA) is 108 Å². The number of hydrogen-bond acceptors (Lipinski definition) is 7. The van der Waals surface area contributed by atoms with Crippen LogP contribution in [0, 0.1) is 0 Å². The molecular formula is C96H167NO8P+. The highest BCUT2D eigenvalue weighted by Gasteiger charge is 2.27. The van der Waals surface area contributed by atoms with E-state index in [1.807, 2.05) is 21.1 Å². The summed E-state index contributed by atoms with van der Waals surface area (Å²) in [4.78, 5) is 36.1. The number of phosphoric ester groups is 1. The third-order valence-electron chi connectivity index (χ3n) is 19.0. The fraction of sp³-hybridized carbons (Fsp3) is 0.708. The molecule has 0 fully saturated rings. The van der Waals surface area contributed by atoms with Crippen molar-refractivity contribution in [2.75, 3.05) is 47.5 Å². The first-order valence-electron chi connectivity index (χ1n) is 44.2. The maximum Gasteiger partial charge on any atom is 0.472 e. The first kappa shape index (κ1) is 102. The van der Waals surface area contributed by atoms with Crippen LogP contribution >= 0.6 is 7.82 Å². The summed E-state index contributed by atoms with van der Waals surface area (Å²) in [5.41, 5.74) is 0. The normalized spacial score (nSPS) is 13.8. The zero-order chi connectivity index (χ0) is 76.8. The summed E-state index contributed by atoms with van der Waals surface area (Å²) in [7, 11) is 1.47. The van der Waals surface area contributed by atoms with Crippen molar-refractivity contribution >= 4 is 19.8 Å². The number of esters is 2. The van der Waals surface area contributed by atoms with E-state index in [9.17, 15) is 19.0 Å². The van der Waals surface area contributed by atoms with E-state index in [1.165, 1.54) is 231 Å². The van der Waals surface area contributed by atoms with Crippen molar-refractivity contribution in [2.24, 2.45) is 0 Å². The van der Waals surface area contributed by atoms with Crippen LogP contribution in [0.3, 0.4) is 0 Å². The number of allylic oxidation sites excluding steroid dienone is 26. The fourth-order valence-electron chi connectivity index (χ4n) is 12.4. The van der Waals surface area contributed by atoms with E-state index in [0.29, 0.717) is 17.4 Å². The lowest BCUT2D eigenvalue weighted by atomic mass is 10.0. The standard InChI is InChI=1S/C96H166NO8P/c1-6-8-10-12-14-16-18-20-22-24-26-28-30-32-34-36-38-40-42-44-46-48-50-52-54-56-58-60-62-64-66-68-70-72-74-76-78-80-82-84-86-88-95(98)102-92-94(93-104-106(100,101)103-91-90-97(3,4)5)105-96(99)89-87-85-83-81-79-77-75-73-71-69-67-65-63-61-59-57-55-53-51-49-47-45-43-41-39-37-35-33-31-29-27-25-23-21-19-17-15-13-11-9-7-2/h9,11,15,17-18,20-21,23-24,26-27,29,33,35,39,41,45,47,51,53,57,59,63,65,69,71,94H,6-8,10,12-14,16,19,22,25,28,30-32,34,36-38,40,42-44,46,48-50,52,54-56,58,60-62,64,66-68,70,72-93H2,1-5H3/p+1/b11-9-,17-15-,20-18-,23-21-,26-24-,29-27-,35-33-,41-39-,47-45-,53-51-,59-57-,65-63-,71-69-. The molecule has 0 rings (SSSR count). The quantitative estimate of drug-likeness (QED) is 0.0211. The average molecular weight is 1490 g/mol. The third-order valence-corrected chi connectivity index (χ3v) is 20.0. The second kappa shape index (κ2) is 84.6. The third kappa shape index (κ3) is 88.5. The molecule has 2 unspecified atom stereocenters. The van der Waals surface area contributed by atoms with Crippen LogP contribution in [0.15, 0.2) is 158 Å². The monoisotopic (exact) mass is 1490 g/mol. The van der Waals surface area contributed by atoms with Crippen molar-refractivity contribution in [3.05, 3.63) is 158 Å². The van der Waals surface area contributed by atoms with Crippen LogP contribution in [0.1, 0.15) is 386 Å². The number of carbonyl (C=O) groups is 2. The van der Waals surface area contributed by atoms with Crippen LogP contribution in [0.5, 0.6) is 0 Å². The van der Waals surface area contributed by atoms with Gasteiger partial charge in [0.15, 0.2) is 6.10 Å². The lowest BCUT2D eigenvalue weighted by molar-refractivity contribution is -0.870. The van der Waals surface area contributed by atoms with Gasteiger partial charge >= 0.3 is 19.8 Å². The molecule has 0 amide bonds. The number of nitrogens with zero attached hydrogens (tertiary/aromatic N) is 1. The maximum absolute atomic E-state index is 12.9. The molecule has 0 aromatic rings. The summed E-state index contributed by atoms with van der Waals surface area (Å²) in [5.74, 6) is -0.804. The van der Waals surface area contributed by atoms with Crippen molar-refractivity contribution in [3.63, 3.8) is 0 Å². The molecular weight excluding hydrogens is 1330 g/mol. The molecule has 106 heavy (non-hydrogen) atoms. The Kier molecular flexibility index (Phi) is 81.2. The van der Waals surface area contributed by atoms with Gasteiger partial charge in [-0.15, -0.1) is 0 Å². The van der Waals surface area contributed by atoms with E-state index in [1.54, 1.807) is 0 Å². The Labute approximate surface area is 656 Å². The van der Waals surface area contributed by atoms with Gasteiger partial charge < -0.3 is 18.9 Å². The Balaban J connectivity index is 3.97. The number of ether oxygens (including phenoxy) is 2. The van der Waals surface area contributed by atoms with Gasteiger partial charge in [0.05, 0.1) is 27.7 Å². The first-order chi connectivity index (χ1) is 52.0. The van der Waals surface area contributed by atoms with Crippen LogP contribution in [-0.4, -0.2) is 74.9 Å². The molecule has 0 aromatic carbocycles. The zero-order valence-corrected chi connectivity index (χ0v) is 70.5. The Morgan fingerprint density at radius 1 is 0.302 bits per heavy atom. The summed E-state index contributed by atoms with van der Waals surface area (Å²) in [6.45, 7) is 4.33. The molecule has 0 saturated heterocycles. The minimum Gasteiger partial charge on any atom is -0.462 e. The van der Waals surface area contributed by atoms with Crippen molar-refractivity contribution in [1.29, 1.82) is 0 Å². The average Bonchev–Trinajstić information content (AvgIpc) is 0.908. The van der Waals surface area contributed by atoms with Gasteiger partial charge in [-0.3, -0.25) is 18.6 Å². The summed E-state index contributed by atoms with van der Waals surface area (Å²) in [6, 6.07) is 0. The maximum atomic E-state index is 12.9. The van der Waals surface area contributed by atoms with E-state index < -0.39 is 26.5 Å². The smallest absolute Gasteiger partial charge is 0.462 e. The second-order valence-electron chi connectivity index (χ2n) is 30.5. The number of phosphoric acid groups is 1. The summed E-state index contributed by atoms with van der Waals surface area (Å²) < 4.78 is 34.9. The highest BCUT2D eigenvalue weighted by molar-refractivity contribution is 7.47. The van der Waals surface area contributed by atoms with Crippen LogP contribution in [0.4, 0.5) is 0 Å². The van der Waals surface area contributed by atoms with Gasteiger partial charge in [-0.2, -0.15) is 0 Å². The van der Waals surface area contributed by atoms with E-state index in [4.69, 9.17) is 18.5 Å². The molecule has 0 bridgehead atoms. The van der Waals surface area contributed by atoms with Gasteiger partial charge in [0.25, 0.3) is 0 Å². The number of rotatable bonds is 81. The predicted molar refractivity (Wildman–Crippen MR) is 463 cm³/mol. The minimum atomic E-state index is -4.41. The molecule has 0 saturated carbocycles. The largest absolute Gasteiger partial charge is 0.472 e. The van der Waals surface area contributed by atoms with Crippen LogP contribution in [-0.2, 0) is 32.7 Å². The Hall–Kier alpha value is -4.37. The fourth-order valence-corrected chi connectivity index (χ4v) is 13.1. The first-order valence-corrected chi connectivity index (χ1v) is 45.7.